The van der Waals surface area contributed by atoms with Crippen LogP contribution in [0.3, 0.4) is 0 Å². The molecule has 3 rings (SSSR count). The molecule has 2 aromatic rings. The average Bonchev–Trinajstić information content (AvgIpc) is 2.85. The molecule has 4 nitrogen and oxygen atoms in total. The van der Waals surface area contributed by atoms with E-state index in [1.807, 2.05) is 37.3 Å². The van der Waals surface area contributed by atoms with E-state index >= 15 is 0 Å². The Morgan fingerprint density at radius 2 is 1.50 bits per heavy atom. The molecule has 124 valence electrons. The van der Waals surface area contributed by atoms with E-state index < -0.39 is 0 Å². The van der Waals surface area contributed by atoms with Crippen molar-refractivity contribution in [2.75, 3.05) is 13.2 Å². The molecule has 0 aromatic heterocycles. The Balaban J connectivity index is 1.47. The summed E-state index contributed by atoms with van der Waals surface area (Å²) in [5, 5.41) is 0. The van der Waals surface area contributed by atoms with Crippen LogP contribution >= 0.6 is 0 Å². The Hall–Kier alpha value is -2.46. The Labute approximate surface area is 142 Å². The van der Waals surface area contributed by atoms with Gasteiger partial charge in [0.15, 0.2) is 0 Å². The third-order valence-corrected chi connectivity index (χ3v) is 4.24. The van der Waals surface area contributed by atoms with E-state index in [0.29, 0.717) is 30.9 Å². The quantitative estimate of drug-likeness (QED) is 0.578. The highest BCUT2D eigenvalue weighted by Gasteiger charge is 2.35. The summed E-state index contributed by atoms with van der Waals surface area (Å²) in [6, 6.07) is 17.0. The van der Waals surface area contributed by atoms with Crippen molar-refractivity contribution >= 4 is 11.8 Å². The van der Waals surface area contributed by atoms with Crippen LogP contribution in [-0.4, -0.2) is 29.9 Å². The third kappa shape index (κ3) is 3.54. The topological polar surface area (TPSA) is 46.6 Å². The molecule has 0 saturated carbocycles. The van der Waals surface area contributed by atoms with Gasteiger partial charge in [-0.2, -0.15) is 0 Å². The number of carbonyl (C=O) groups excluding carboxylic acids is 2. The summed E-state index contributed by atoms with van der Waals surface area (Å²) in [7, 11) is 0. The number of imide groups is 1. The van der Waals surface area contributed by atoms with Crippen molar-refractivity contribution in [2.24, 2.45) is 5.92 Å². The molecule has 2 aromatic carbocycles. The third-order valence-electron chi connectivity index (χ3n) is 4.24. The van der Waals surface area contributed by atoms with Crippen molar-refractivity contribution in [2.45, 2.75) is 20.0 Å². The number of hydrogen-bond donors (Lipinski definition) is 0. The highest BCUT2D eigenvalue weighted by atomic mass is 16.5. The van der Waals surface area contributed by atoms with E-state index in [1.54, 1.807) is 24.3 Å². The van der Waals surface area contributed by atoms with Crippen molar-refractivity contribution in [3.63, 3.8) is 0 Å². The molecule has 2 amide bonds. The number of carbonyl (C=O) groups is 2. The molecule has 0 N–H and O–H groups in total. The first-order valence-electron chi connectivity index (χ1n) is 8.23. The lowest BCUT2D eigenvalue weighted by Crippen LogP contribution is -2.34. The molecule has 4 heteroatoms. The number of amides is 2. The van der Waals surface area contributed by atoms with Crippen molar-refractivity contribution in [1.82, 2.24) is 4.90 Å². The normalized spacial score (nSPS) is 14.8. The Kier molecular flexibility index (Phi) is 5.06. The summed E-state index contributed by atoms with van der Waals surface area (Å²) in [6.45, 7) is 3.66. The maximum atomic E-state index is 12.3. The van der Waals surface area contributed by atoms with Crippen LogP contribution in [0.5, 0.6) is 0 Å². The Morgan fingerprint density at radius 1 is 0.917 bits per heavy atom. The first-order valence-corrected chi connectivity index (χ1v) is 8.23. The first-order chi connectivity index (χ1) is 11.7. The molecular formula is C20H21NO3. The minimum Gasteiger partial charge on any atom is -0.377 e. The summed E-state index contributed by atoms with van der Waals surface area (Å²) in [6.07, 6.45) is 0.806. The van der Waals surface area contributed by atoms with Gasteiger partial charge >= 0.3 is 0 Å². The predicted molar refractivity (Wildman–Crippen MR) is 91.7 cm³/mol. The lowest BCUT2D eigenvalue weighted by molar-refractivity contribution is 0.0606. The zero-order chi connectivity index (χ0) is 16.9. The van der Waals surface area contributed by atoms with Crippen molar-refractivity contribution < 1.29 is 14.3 Å². The number of fused-ring (bicyclic) bond motifs is 1. The van der Waals surface area contributed by atoms with Gasteiger partial charge in [-0.25, -0.2) is 0 Å². The lowest BCUT2D eigenvalue weighted by Gasteiger charge is -2.19. The van der Waals surface area contributed by atoms with Gasteiger partial charge in [0.2, 0.25) is 0 Å². The van der Waals surface area contributed by atoms with E-state index in [1.165, 1.54) is 4.90 Å². The van der Waals surface area contributed by atoms with Crippen LogP contribution in [0.1, 0.15) is 39.6 Å². The van der Waals surface area contributed by atoms with Crippen LogP contribution in [0.15, 0.2) is 54.6 Å². The fraction of sp³-hybridized carbons (Fsp3) is 0.300. The van der Waals surface area contributed by atoms with Crippen LogP contribution in [0.2, 0.25) is 0 Å². The van der Waals surface area contributed by atoms with Crippen molar-refractivity contribution in [3.8, 4) is 0 Å². The molecule has 0 aliphatic carbocycles. The maximum Gasteiger partial charge on any atom is 0.261 e. The number of ether oxygens (including phenoxy) is 1. The molecule has 0 unspecified atom stereocenters. The second-order valence-electron chi connectivity index (χ2n) is 6.20. The minimum atomic E-state index is -0.187. The second-order valence-corrected chi connectivity index (χ2v) is 6.20. The molecule has 0 fully saturated rings. The summed E-state index contributed by atoms with van der Waals surface area (Å²) in [5.74, 6) is -0.178. The van der Waals surface area contributed by atoms with Crippen LogP contribution in [0.4, 0.5) is 0 Å². The number of nitrogens with zero attached hydrogens (tertiary/aromatic N) is 1. The van der Waals surface area contributed by atoms with Gasteiger partial charge in [-0.1, -0.05) is 49.4 Å². The second kappa shape index (κ2) is 7.41. The van der Waals surface area contributed by atoms with Gasteiger partial charge in [0.05, 0.1) is 17.7 Å². The average molecular weight is 323 g/mol. The Bertz CT molecular complexity index is 692. The van der Waals surface area contributed by atoms with Crippen LogP contribution in [0.25, 0.3) is 0 Å². The molecule has 0 saturated heterocycles. The summed E-state index contributed by atoms with van der Waals surface area (Å²) in [4.78, 5) is 26.0. The van der Waals surface area contributed by atoms with E-state index in [0.717, 1.165) is 12.0 Å². The molecule has 1 heterocycles. The van der Waals surface area contributed by atoms with Gasteiger partial charge in [-0.3, -0.25) is 14.5 Å². The van der Waals surface area contributed by atoms with Gasteiger partial charge < -0.3 is 4.74 Å². The van der Waals surface area contributed by atoms with Crippen LogP contribution in [0, 0.1) is 5.92 Å². The molecular weight excluding hydrogens is 302 g/mol. The van der Waals surface area contributed by atoms with E-state index in [2.05, 4.69) is 0 Å². The highest BCUT2D eigenvalue weighted by molar-refractivity contribution is 6.21. The smallest absolute Gasteiger partial charge is 0.261 e. The van der Waals surface area contributed by atoms with Crippen LogP contribution in [-0.2, 0) is 11.3 Å². The van der Waals surface area contributed by atoms with Crippen LogP contribution < -0.4 is 0 Å². The Morgan fingerprint density at radius 3 is 2.12 bits per heavy atom. The molecule has 24 heavy (non-hydrogen) atoms. The standard InChI is InChI=1S/C20H21NO3/c1-15(11-12-24-14-16-7-3-2-4-8-16)13-21-19(22)17-9-5-6-10-18(17)20(21)23/h2-10,15H,11-14H2,1H3/t15-/m1/s1. The van der Waals surface area contributed by atoms with E-state index in [9.17, 15) is 9.59 Å². The van der Waals surface area contributed by atoms with E-state index in [-0.39, 0.29) is 17.7 Å². The molecule has 1 aliphatic rings. The molecule has 0 spiro atoms. The summed E-state index contributed by atoms with van der Waals surface area (Å²) >= 11 is 0. The fourth-order valence-electron chi connectivity index (χ4n) is 2.86. The summed E-state index contributed by atoms with van der Waals surface area (Å²) in [5.41, 5.74) is 2.16. The SMILES string of the molecule is C[C@H](CCOCc1ccccc1)CN1C(=O)c2ccccc2C1=O. The van der Waals surface area contributed by atoms with Crippen molar-refractivity contribution in [1.29, 1.82) is 0 Å². The molecule has 1 aliphatic heterocycles. The van der Waals surface area contributed by atoms with Gasteiger partial charge in [-0.15, -0.1) is 0 Å². The monoisotopic (exact) mass is 323 g/mol. The highest BCUT2D eigenvalue weighted by Crippen LogP contribution is 2.23. The molecule has 0 radical (unpaired) electrons. The number of rotatable bonds is 7. The largest absolute Gasteiger partial charge is 0.377 e. The number of benzene rings is 2. The minimum absolute atomic E-state index is 0.187. The zero-order valence-electron chi connectivity index (χ0n) is 13.8. The summed E-state index contributed by atoms with van der Waals surface area (Å²) < 4.78 is 5.68. The van der Waals surface area contributed by atoms with Gasteiger partial charge in [0, 0.05) is 13.2 Å². The predicted octanol–water partition coefficient (Wildman–Crippen LogP) is 3.53. The lowest BCUT2D eigenvalue weighted by atomic mass is 10.1. The van der Waals surface area contributed by atoms with Gasteiger partial charge in [0.25, 0.3) is 11.8 Å². The van der Waals surface area contributed by atoms with Gasteiger partial charge in [-0.05, 0) is 30.0 Å². The zero-order valence-corrected chi connectivity index (χ0v) is 13.8. The van der Waals surface area contributed by atoms with Gasteiger partial charge in [0.1, 0.15) is 0 Å². The fourth-order valence-corrected chi connectivity index (χ4v) is 2.86. The van der Waals surface area contributed by atoms with Crippen molar-refractivity contribution in [3.05, 3.63) is 71.3 Å². The first kappa shape index (κ1) is 16.4. The maximum absolute atomic E-state index is 12.3. The van der Waals surface area contributed by atoms with E-state index in [4.69, 9.17) is 4.74 Å². The molecule has 1 atom stereocenters. The molecule has 0 bridgehead atoms. The number of hydrogen-bond acceptors (Lipinski definition) is 3.